The first-order valence-electron chi connectivity index (χ1n) is 8.99. The Labute approximate surface area is 144 Å². The van der Waals surface area contributed by atoms with Gasteiger partial charge in [-0.15, -0.1) is 0 Å². The highest BCUT2D eigenvalue weighted by Gasteiger charge is 2.19. The van der Waals surface area contributed by atoms with E-state index in [-0.39, 0.29) is 0 Å². The number of carboxylic acid groups (broad SMARTS) is 1. The summed E-state index contributed by atoms with van der Waals surface area (Å²) in [6, 6.07) is 10.3. The first-order chi connectivity index (χ1) is 11.7. The maximum Gasteiger partial charge on any atom is 0.404 e. The van der Waals surface area contributed by atoms with Crippen LogP contribution < -0.4 is 5.32 Å². The van der Waals surface area contributed by atoms with Gasteiger partial charge in [0.15, 0.2) is 0 Å². The molecule has 1 aromatic rings. The van der Waals surface area contributed by atoms with Crippen LogP contribution in [0, 0.1) is 11.8 Å². The van der Waals surface area contributed by atoms with E-state index >= 15 is 0 Å². The Morgan fingerprint density at radius 1 is 1.21 bits per heavy atom. The van der Waals surface area contributed by atoms with E-state index in [0.29, 0.717) is 19.1 Å². The van der Waals surface area contributed by atoms with Gasteiger partial charge in [0.1, 0.15) is 0 Å². The van der Waals surface area contributed by atoms with E-state index in [0.717, 1.165) is 25.4 Å². The van der Waals surface area contributed by atoms with Gasteiger partial charge in [-0.1, -0.05) is 42.5 Å². The third-order valence-corrected chi connectivity index (χ3v) is 4.67. The summed E-state index contributed by atoms with van der Waals surface area (Å²) in [5, 5.41) is 10.9. The van der Waals surface area contributed by atoms with Crippen molar-refractivity contribution in [2.75, 3.05) is 13.2 Å². The molecule has 0 aromatic heterocycles. The van der Waals surface area contributed by atoms with E-state index in [1.807, 2.05) is 18.2 Å². The van der Waals surface area contributed by atoms with Crippen LogP contribution in [0.2, 0.25) is 0 Å². The van der Waals surface area contributed by atoms with E-state index in [2.05, 4.69) is 29.6 Å². The molecule has 0 saturated heterocycles. The van der Waals surface area contributed by atoms with Crippen LogP contribution in [0.15, 0.2) is 42.5 Å². The second-order valence-corrected chi connectivity index (χ2v) is 6.56. The lowest BCUT2D eigenvalue weighted by Crippen LogP contribution is -2.21. The predicted molar refractivity (Wildman–Crippen MR) is 95.9 cm³/mol. The van der Waals surface area contributed by atoms with Gasteiger partial charge in [-0.25, -0.2) is 4.79 Å². The molecule has 4 heteroatoms. The monoisotopic (exact) mass is 331 g/mol. The van der Waals surface area contributed by atoms with Crippen LogP contribution in [0.5, 0.6) is 0 Å². The highest BCUT2D eigenvalue weighted by atomic mass is 16.5. The maximum absolute atomic E-state index is 10.3. The van der Waals surface area contributed by atoms with Gasteiger partial charge in [0.05, 0.1) is 6.61 Å². The fourth-order valence-corrected chi connectivity index (χ4v) is 3.23. The van der Waals surface area contributed by atoms with E-state index < -0.39 is 6.09 Å². The quantitative estimate of drug-likeness (QED) is 0.513. The molecule has 2 rings (SSSR count). The van der Waals surface area contributed by atoms with Gasteiger partial charge in [-0.05, 0) is 55.9 Å². The average molecular weight is 331 g/mol. The second-order valence-electron chi connectivity index (χ2n) is 6.56. The van der Waals surface area contributed by atoms with Crippen molar-refractivity contribution < 1.29 is 14.6 Å². The Morgan fingerprint density at radius 2 is 1.96 bits per heavy atom. The number of nitrogens with one attached hydrogen (secondary N) is 1. The van der Waals surface area contributed by atoms with Crippen molar-refractivity contribution in [3.8, 4) is 0 Å². The Hall–Kier alpha value is -1.81. The average Bonchev–Trinajstić information content (AvgIpc) is 2.60. The van der Waals surface area contributed by atoms with Gasteiger partial charge < -0.3 is 15.2 Å². The van der Waals surface area contributed by atoms with Crippen LogP contribution in [-0.2, 0) is 11.3 Å². The minimum atomic E-state index is -0.946. The lowest BCUT2D eigenvalue weighted by Gasteiger charge is -2.26. The number of amides is 1. The number of carbonyl (C=O) groups is 1. The van der Waals surface area contributed by atoms with Crippen LogP contribution in [0.1, 0.15) is 44.1 Å². The molecule has 0 spiro atoms. The largest absolute Gasteiger partial charge is 0.465 e. The van der Waals surface area contributed by atoms with Crippen molar-refractivity contribution in [1.82, 2.24) is 5.32 Å². The molecule has 0 unspecified atom stereocenters. The van der Waals surface area contributed by atoms with Gasteiger partial charge in [0.2, 0.25) is 0 Å². The summed E-state index contributed by atoms with van der Waals surface area (Å²) in [5.74, 6) is 1.45. The normalized spacial score (nSPS) is 21.0. The Bertz CT molecular complexity index is 493. The Kier molecular flexibility index (Phi) is 8.39. The zero-order chi connectivity index (χ0) is 17.0. The first-order valence-corrected chi connectivity index (χ1v) is 8.99. The molecule has 1 aliphatic carbocycles. The molecule has 1 saturated carbocycles. The van der Waals surface area contributed by atoms with Gasteiger partial charge in [0, 0.05) is 13.2 Å². The molecule has 2 N–H and O–H groups in total. The molecule has 1 fully saturated rings. The minimum absolute atomic E-state index is 0.500. The lowest BCUT2D eigenvalue weighted by molar-refractivity contribution is 0.0996. The molecule has 4 nitrogen and oxygen atoms in total. The van der Waals surface area contributed by atoms with Crippen molar-refractivity contribution >= 4 is 6.09 Å². The van der Waals surface area contributed by atoms with E-state index in [9.17, 15) is 4.79 Å². The first kappa shape index (κ1) is 18.5. The fourth-order valence-electron chi connectivity index (χ4n) is 3.23. The summed E-state index contributed by atoms with van der Waals surface area (Å²) >= 11 is 0. The minimum Gasteiger partial charge on any atom is -0.465 e. The fraction of sp³-hybridized carbons (Fsp3) is 0.550. The maximum atomic E-state index is 10.3. The zero-order valence-corrected chi connectivity index (χ0v) is 14.3. The second kappa shape index (κ2) is 10.9. The molecule has 0 heterocycles. The number of hydrogen-bond donors (Lipinski definition) is 2. The molecular formula is C20H29NO3. The summed E-state index contributed by atoms with van der Waals surface area (Å²) in [6.07, 6.45) is 10.4. The third-order valence-electron chi connectivity index (χ3n) is 4.67. The SMILES string of the molecule is O=C(O)NCCC=C[C@H]1CC[C@H](CCOCc2ccccc2)CC1. The molecule has 0 bridgehead atoms. The van der Waals surface area contributed by atoms with Crippen LogP contribution in [0.4, 0.5) is 4.79 Å². The van der Waals surface area contributed by atoms with Crippen LogP contribution >= 0.6 is 0 Å². The smallest absolute Gasteiger partial charge is 0.404 e. The number of allylic oxidation sites excluding steroid dienone is 1. The highest BCUT2D eigenvalue weighted by molar-refractivity contribution is 5.64. The van der Waals surface area contributed by atoms with E-state index in [4.69, 9.17) is 9.84 Å². The molecular weight excluding hydrogens is 302 g/mol. The van der Waals surface area contributed by atoms with Gasteiger partial charge in [-0.2, -0.15) is 0 Å². The number of hydrogen-bond acceptors (Lipinski definition) is 2. The summed E-state index contributed by atoms with van der Waals surface area (Å²) in [5.41, 5.74) is 1.24. The molecule has 0 atom stereocenters. The number of benzene rings is 1. The molecule has 1 aromatic carbocycles. The topological polar surface area (TPSA) is 58.6 Å². The molecule has 1 amide bonds. The highest BCUT2D eigenvalue weighted by Crippen LogP contribution is 2.31. The van der Waals surface area contributed by atoms with E-state index in [1.165, 1.54) is 31.2 Å². The van der Waals surface area contributed by atoms with Crippen molar-refractivity contribution in [2.45, 2.75) is 45.1 Å². The standard InChI is InChI=1S/C20H29NO3/c22-20(23)21-14-5-4-6-17-9-11-18(12-10-17)13-15-24-16-19-7-2-1-3-8-19/h1-4,6-8,17-18,21H,5,9-16H2,(H,22,23)/t17-,18-. The predicted octanol–water partition coefficient (Wildman–Crippen LogP) is 4.61. The van der Waals surface area contributed by atoms with Crippen LogP contribution in [0.25, 0.3) is 0 Å². The van der Waals surface area contributed by atoms with Gasteiger partial charge in [0.25, 0.3) is 0 Å². The zero-order valence-electron chi connectivity index (χ0n) is 14.3. The van der Waals surface area contributed by atoms with Crippen molar-refractivity contribution in [3.05, 3.63) is 48.0 Å². The Morgan fingerprint density at radius 3 is 2.67 bits per heavy atom. The van der Waals surface area contributed by atoms with Crippen molar-refractivity contribution in [3.63, 3.8) is 0 Å². The summed E-state index contributed by atoms with van der Waals surface area (Å²) in [7, 11) is 0. The number of rotatable bonds is 9. The lowest BCUT2D eigenvalue weighted by atomic mass is 9.80. The summed E-state index contributed by atoms with van der Waals surface area (Å²) in [4.78, 5) is 10.3. The van der Waals surface area contributed by atoms with Crippen molar-refractivity contribution in [2.24, 2.45) is 11.8 Å². The molecule has 0 aliphatic heterocycles. The van der Waals surface area contributed by atoms with Gasteiger partial charge >= 0.3 is 6.09 Å². The van der Waals surface area contributed by atoms with Gasteiger partial charge in [-0.3, -0.25) is 0 Å². The summed E-state index contributed by atoms with van der Waals surface area (Å²) in [6.45, 7) is 2.06. The summed E-state index contributed by atoms with van der Waals surface area (Å²) < 4.78 is 5.79. The third kappa shape index (κ3) is 7.64. The molecule has 132 valence electrons. The molecule has 0 radical (unpaired) electrons. The van der Waals surface area contributed by atoms with Crippen LogP contribution in [0.3, 0.4) is 0 Å². The number of ether oxygens (including phenoxy) is 1. The van der Waals surface area contributed by atoms with Crippen molar-refractivity contribution in [1.29, 1.82) is 0 Å². The van der Waals surface area contributed by atoms with E-state index in [1.54, 1.807) is 0 Å². The van der Waals surface area contributed by atoms with Crippen LogP contribution in [-0.4, -0.2) is 24.4 Å². The molecule has 24 heavy (non-hydrogen) atoms. The molecule has 1 aliphatic rings. The Balaban J connectivity index is 1.51.